The lowest BCUT2D eigenvalue weighted by Crippen LogP contribution is -2.39. The van der Waals surface area contributed by atoms with E-state index in [1.807, 2.05) is 6.92 Å². The van der Waals surface area contributed by atoms with E-state index in [-0.39, 0.29) is 61.8 Å². The van der Waals surface area contributed by atoms with Crippen LogP contribution in [0.25, 0.3) is 0 Å². The van der Waals surface area contributed by atoms with Gasteiger partial charge in [0.05, 0.1) is 6.61 Å². The maximum atomic E-state index is 12.0. The Bertz CT molecular complexity index is 527. The molecule has 0 aliphatic heterocycles. The Morgan fingerprint density at radius 1 is 0.692 bits per heavy atom. The number of hydrogen-bond acceptors (Lipinski definition) is 6. The third-order valence-electron chi connectivity index (χ3n) is 6.29. The zero-order chi connectivity index (χ0) is 26.2. The monoisotopic (exact) mass is 562 g/mol. The number of unbranched alkanes of at least 4 members (excludes halogenated alkanes) is 8. The summed E-state index contributed by atoms with van der Waals surface area (Å²) >= 11 is 0. The molecule has 0 heterocycles. The summed E-state index contributed by atoms with van der Waals surface area (Å²) in [6, 6.07) is 0. The molecule has 0 spiro atoms. The largest absolute Gasteiger partial charge is 0.466 e. The molecule has 2 unspecified atom stereocenters. The van der Waals surface area contributed by atoms with E-state index >= 15 is 0 Å². The Kier molecular flexibility index (Phi) is 50.9. The van der Waals surface area contributed by atoms with E-state index in [4.69, 9.17) is 14.2 Å². The molecule has 3 radical (unpaired) electrons. The third-order valence-corrected chi connectivity index (χ3v) is 6.29. The molecule has 237 valence electrons. The van der Waals surface area contributed by atoms with Gasteiger partial charge in [-0.1, -0.05) is 108 Å². The van der Waals surface area contributed by atoms with Gasteiger partial charge >= 0.3 is 5.97 Å². The van der Waals surface area contributed by atoms with Crippen molar-refractivity contribution in [2.75, 3.05) is 20.8 Å². The Morgan fingerprint density at radius 2 is 1.15 bits per heavy atom. The topological polar surface area (TPSA) is 78.9 Å². The van der Waals surface area contributed by atoms with Gasteiger partial charge in [-0.2, -0.15) is 0 Å². The quantitative estimate of drug-likeness (QED) is 0.0790. The highest BCUT2D eigenvalue weighted by atomic mass is 16.5. The van der Waals surface area contributed by atoms with E-state index in [0.29, 0.717) is 13.0 Å². The molecule has 0 bridgehead atoms. The number of carbonyl (C=O) groups is 3. The minimum atomic E-state index is -0.627. The van der Waals surface area contributed by atoms with Gasteiger partial charge in [-0.15, -0.1) is 0 Å². The van der Waals surface area contributed by atoms with Crippen LogP contribution in [0.15, 0.2) is 0 Å². The fourth-order valence-corrected chi connectivity index (χ4v) is 4.00. The van der Waals surface area contributed by atoms with Gasteiger partial charge in [-0.05, 0) is 46.5 Å². The van der Waals surface area contributed by atoms with Crippen molar-refractivity contribution < 1.29 is 28.6 Å². The van der Waals surface area contributed by atoms with Gasteiger partial charge < -0.3 is 14.2 Å². The molecule has 0 aliphatic carbocycles. The summed E-state index contributed by atoms with van der Waals surface area (Å²) in [5, 5.41) is 0. The second-order valence-electron chi connectivity index (χ2n) is 9.12. The fourth-order valence-electron chi connectivity index (χ4n) is 4.00. The summed E-state index contributed by atoms with van der Waals surface area (Å²) in [5.41, 5.74) is -0.627. The molecular weight excluding hydrogens is 491 g/mol. The van der Waals surface area contributed by atoms with E-state index in [1.165, 1.54) is 32.1 Å². The van der Waals surface area contributed by atoms with Crippen LogP contribution < -0.4 is 0 Å². The average Bonchev–Trinajstić information content (AvgIpc) is 2.80. The first kappa shape index (κ1) is 54.0. The molecule has 6 nitrogen and oxygen atoms in total. The van der Waals surface area contributed by atoms with Crippen molar-refractivity contribution in [3.63, 3.8) is 0 Å². The van der Waals surface area contributed by atoms with Gasteiger partial charge in [0.25, 0.3) is 0 Å². The number of Topliss-reactive ketones (excluding diaryl/α,β-unsaturated/α-hetero) is 2. The number of ketones is 2. The van der Waals surface area contributed by atoms with Crippen LogP contribution in [0.4, 0.5) is 0 Å². The lowest BCUT2D eigenvalue weighted by molar-refractivity contribution is -0.143. The molecule has 0 fully saturated rings. The molecule has 0 aromatic heterocycles. The summed E-state index contributed by atoms with van der Waals surface area (Å²) in [6.07, 6.45) is 14.7. The van der Waals surface area contributed by atoms with Gasteiger partial charge in [0.2, 0.25) is 0 Å². The molecule has 0 aliphatic rings. The van der Waals surface area contributed by atoms with Crippen LogP contribution in [0.5, 0.6) is 0 Å². The Morgan fingerprint density at radius 3 is 1.51 bits per heavy atom. The van der Waals surface area contributed by atoms with Crippen molar-refractivity contribution in [1.29, 1.82) is 0 Å². The Hall–Kier alpha value is -1.21. The Balaban J connectivity index is -0.000000105. The smallest absolute Gasteiger partial charge is 0.305 e. The van der Waals surface area contributed by atoms with Crippen LogP contribution in [0, 0.1) is 0 Å². The van der Waals surface area contributed by atoms with E-state index < -0.39 is 5.60 Å². The van der Waals surface area contributed by atoms with Crippen LogP contribution in [0.1, 0.15) is 161 Å². The van der Waals surface area contributed by atoms with Gasteiger partial charge in [-0.25, -0.2) is 0 Å². The summed E-state index contributed by atoms with van der Waals surface area (Å²) in [4.78, 5) is 34.2. The third kappa shape index (κ3) is 29.6. The maximum Gasteiger partial charge on any atom is 0.305 e. The molecule has 0 aromatic rings. The van der Waals surface area contributed by atoms with Gasteiger partial charge in [-0.3, -0.25) is 14.4 Å². The van der Waals surface area contributed by atoms with Crippen molar-refractivity contribution in [2.45, 2.75) is 172 Å². The van der Waals surface area contributed by atoms with Crippen LogP contribution in [-0.4, -0.2) is 58.5 Å². The number of hydrogen-bond donors (Lipinski definition) is 0. The van der Waals surface area contributed by atoms with Crippen molar-refractivity contribution >= 4 is 25.9 Å². The summed E-state index contributed by atoms with van der Waals surface area (Å²) in [6.45, 7) is 9.83. The number of esters is 1. The SMILES string of the molecule is C.C.C.C.CCCCCCC(CCCCCC(=O)OCC)(OC)C(C)=O.CCCCCCC(OC)C(C)=O.[B]. The molecular formula is C32H70BO6. The normalized spacial score (nSPS) is 11.7. The second-order valence-corrected chi connectivity index (χ2v) is 9.12. The van der Waals surface area contributed by atoms with Crippen molar-refractivity contribution in [2.24, 2.45) is 0 Å². The number of carbonyl (C=O) groups excluding carboxylic acids is 3. The summed E-state index contributed by atoms with van der Waals surface area (Å²) in [7, 11) is 3.24. The molecule has 2 atom stereocenters. The van der Waals surface area contributed by atoms with Crippen LogP contribution in [0.2, 0.25) is 0 Å². The molecule has 0 aromatic carbocycles. The predicted molar refractivity (Wildman–Crippen MR) is 172 cm³/mol. The van der Waals surface area contributed by atoms with E-state index in [1.54, 1.807) is 28.1 Å². The standard InChI is InChI=1S/C18H34O4.C10H20O2.4CH4.B/c1-5-7-8-11-14-18(21-4,16(3)19)15-12-9-10-13-17(20)22-6-2;1-4-5-6-7-8-10(12-3)9(2)11;;;;;/h5-15H2,1-4H3;10H,4-8H2,1-3H3;4*1H4;. The maximum absolute atomic E-state index is 12.0. The van der Waals surface area contributed by atoms with Crippen LogP contribution >= 0.6 is 0 Å². The van der Waals surface area contributed by atoms with Gasteiger partial charge in [0, 0.05) is 29.1 Å². The van der Waals surface area contributed by atoms with Crippen molar-refractivity contribution in [3.8, 4) is 0 Å². The molecule has 7 heteroatoms. The zero-order valence-electron chi connectivity index (χ0n) is 23.9. The molecule has 0 saturated heterocycles. The molecule has 0 rings (SSSR count). The number of methoxy groups -OCH3 is 2. The average molecular weight is 562 g/mol. The second kappa shape index (κ2) is 36.8. The van der Waals surface area contributed by atoms with Gasteiger partial charge in [0.1, 0.15) is 11.7 Å². The molecule has 0 saturated carbocycles. The summed E-state index contributed by atoms with van der Waals surface area (Å²) < 4.78 is 15.6. The van der Waals surface area contributed by atoms with Crippen LogP contribution in [0.3, 0.4) is 0 Å². The van der Waals surface area contributed by atoms with Crippen LogP contribution in [-0.2, 0) is 28.6 Å². The summed E-state index contributed by atoms with van der Waals surface area (Å²) in [5.74, 6) is 0.137. The van der Waals surface area contributed by atoms with E-state index in [9.17, 15) is 14.4 Å². The number of rotatable bonds is 21. The van der Waals surface area contributed by atoms with Gasteiger partial charge in [0.15, 0.2) is 11.6 Å². The van der Waals surface area contributed by atoms with E-state index in [0.717, 1.165) is 57.8 Å². The Labute approximate surface area is 247 Å². The lowest BCUT2D eigenvalue weighted by Gasteiger charge is -2.30. The van der Waals surface area contributed by atoms with Crippen molar-refractivity contribution in [3.05, 3.63) is 0 Å². The highest BCUT2D eigenvalue weighted by Crippen LogP contribution is 2.27. The highest BCUT2D eigenvalue weighted by molar-refractivity contribution is 5.84. The predicted octanol–water partition coefficient (Wildman–Crippen LogP) is 9.17. The fraction of sp³-hybridized carbons (Fsp3) is 0.906. The molecule has 39 heavy (non-hydrogen) atoms. The lowest BCUT2D eigenvalue weighted by atomic mass is 9.86. The minimum Gasteiger partial charge on any atom is -0.466 e. The number of ether oxygens (including phenoxy) is 3. The first-order chi connectivity index (χ1) is 16.2. The van der Waals surface area contributed by atoms with E-state index in [2.05, 4.69) is 13.8 Å². The first-order valence-electron chi connectivity index (χ1n) is 13.5. The minimum absolute atomic E-state index is 0. The first-order valence-corrected chi connectivity index (χ1v) is 13.5. The zero-order valence-corrected chi connectivity index (χ0v) is 23.9. The molecule has 0 amide bonds. The molecule has 0 N–H and O–H groups in total. The van der Waals surface area contributed by atoms with Crippen molar-refractivity contribution in [1.82, 2.24) is 0 Å². The highest BCUT2D eigenvalue weighted by Gasteiger charge is 2.33.